The van der Waals surface area contributed by atoms with Gasteiger partial charge in [0.25, 0.3) is 21.8 Å². The van der Waals surface area contributed by atoms with Crippen LogP contribution in [-0.4, -0.2) is 113 Å². The second-order valence-electron chi connectivity index (χ2n) is 15.7. The first-order valence-corrected chi connectivity index (χ1v) is 21.0. The minimum absolute atomic E-state index is 0.00628. The van der Waals surface area contributed by atoms with Crippen LogP contribution in [0.4, 0.5) is 21.8 Å². The lowest BCUT2D eigenvalue weighted by molar-refractivity contribution is -0.136. The van der Waals surface area contributed by atoms with Crippen LogP contribution in [0.5, 0.6) is 0 Å². The van der Waals surface area contributed by atoms with Crippen LogP contribution >= 0.6 is 0 Å². The number of halogens is 1. The van der Waals surface area contributed by atoms with Crippen LogP contribution in [0.15, 0.2) is 49.1 Å². The number of pyridine rings is 1. The molecule has 0 bridgehead atoms. The molecule has 18 nitrogen and oxygen atoms in total. The molecule has 2 N–H and O–H groups in total. The number of carbonyl (C=O) groups is 4. The molecule has 20 heteroatoms. The summed E-state index contributed by atoms with van der Waals surface area (Å²) in [7, 11) is -1.61. The molecule has 1 aromatic carbocycles. The molecular formula is C39H41FN12O6S. The number of carbonyl (C=O) groups excluding carboxylic acids is 4. The van der Waals surface area contributed by atoms with Gasteiger partial charge in [-0.2, -0.15) is 14.3 Å². The van der Waals surface area contributed by atoms with Gasteiger partial charge in [0, 0.05) is 62.2 Å². The Morgan fingerprint density at radius 3 is 2.49 bits per heavy atom. The standard InChI is InChI=1S/C39H41FN12O6S/c1-21(2)52-29-16-31(44-30-10-13-41-35(45-30)23-17-43-50(20-23)59(57,58)25-5-6-25)42-18-27(29)36(47-52)49-14-11-24(12-15-49)48(3)19-22-4-7-26-33(34(22)40)39(56)51(38(26)55)28-8-9-32(53)46-37(28)54/h4,7,10,13,16-18,20-21,24-25,28H,5-6,8-9,11-12,14-15,19H2,1-3H3,(H,46,53,54)(H,41,42,44,45). The third-order valence-electron chi connectivity index (χ3n) is 11.4. The van der Waals surface area contributed by atoms with E-state index >= 15 is 4.39 Å². The molecule has 4 aliphatic rings. The second kappa shape index (κ2) is 14.6. The summed E-state index contributed by atoms with van der Waals surface area (Å²) >= 11 is 0. The van der Waals surface area contributed by atoms with E-state index in [1.165, 1.54) is 24.5 Å². The maximum absolute atomic E-state index is 16.0. The number of fused-ring (bicyclic) bond motifs is 2. The summed E-state index contributed by atoms with van der Waals surface area (Å²) in [6, 6.07) is 5.54. The topological polar surface area (TPSA) is 211 Å². The molecule has 0 spiro atoms. The summed E-state index contributed by atoms with van der Waals surface area (Å²) in [6.07, 6.45) is 9.00. The quantitative estimate of drug-likeness (QED) is 0.183. The predicted molar refractivity (Wildman–Crippen MR) is 212 cm³/mol. The van der Waals surface area contributed by atoms with E-state index in [0.29, 0.717) is 49.0 Å². The minimum Gasteiger partial charge on any atom is -0.354 e. The highest BCUT2D eigenvalue weighted by atomic mass is 32.2. The van der Waals surface area contributed by atoms with E-state index in [-0.39, 0.29) is 48.2 Å². The molecule has 1 unspecified atom stereocenters. The van der Waals surface area contributed by atoms with E-state index in [1.54, 1.807) is 18.5 Å². The zero-order valence-corrected chi connectivity index (χ0v) is 33.3. The van der Waals surface area contributed by atoms with Crippen molar-refractivity contribution in [2.75, 3.05) is 30.4 Å². The van der Waals surface area contributed by atoms with Gasteiger partial charge >= 0.3 is 0 Å². The number of nitrogens with one attached hydrogen (secondary N) is 2. The Morgan fingerprint density at radius 1 is 0.983 bits per heavy atom. The smallest absolute Gasteiger partial charge is 0.265 e. The number of rotatable bonds is 11. The third-order valence-corrected chi connectivity index (χ3v) is 13.5. The number of nitrogens with zero attached hydrogens (tertiary/aromatic N) is 10. The van der Waals surface area contributed by atoms with Crippen LogP contribution < -0.4 is 15.5 Å². The zero-order chi connectivity index (χ0) is 41.3. The average molecular weight is 825 g/mol. The summed E-state index contributed by atoms with van der Waals surface area (Å²) in [6.45, 7) is 5.68. The van der Waals surface area contributed by atoms with Crippen molar-refractivity contribution in [3.8, 4) is 11.4 Å². The normalized spacial score (nSPS) is 19.1. The summed E-state index contributed by atoms with van der Waals surface area (Å²) in [5.41, 5.74) is 1.20. The van der Waals surface area contributed by atoms with E-state index in [9.17, 15) is 27.6 Å². The van der Waals surface area contributed by atoms with Crippen molar-refractivity contribution in [3.63, 3.8) is 0 Å². The number of piperidine rings is 2. The molecule has 4 aromatic heterocycles. The van der Waals surface area contributed by atoms with Crippen molar-refractivity contribution >= 4 is 62.0 Å². The van der Waals surface area contributed by atoms with Gasteiger partial charge in [-0.3, -0.25) is 39.0 Å². The molecule has 59 heavy (non-hydrogen) atoms. The molecule has 4 amide bonds. The van der Waals surface area contributed by atoms with Gasteiger partial charge in [0.05, 0.1) is 45.2 Å². The summed E-state index contributed by atoms with van der Waals surface area (Å²) < 4.78 is 44.2. The predicted octanol–water partition coefficient (Wildman–Crippen LogP) is 3.39. The zero-order valence-electron chi connectivity index (χ0n) is 32.5. The lowest BCUT2D eigenvalue weighted by atomic mass is 10.0. The van der Waals surface area contributed by atoms with Crippen LogP contribution in [0, 0.1) is 5.82 Å². The fraction of sp³-hybridized carbons (Fsp3) is 0.410. The Labute approximate surface area is 337 Å². The van der Waals surface area contributed by atoms with E-state index in [1.807, 2.05) is 22.7 Å². The lowest BCUT2D eigenvalue weighted by Gasteiger charge is -2.37. The SMILES string of the molecule is CC(C)n1nc(N2CCC(N(C)Cc3ccc4c(c3F)C(=O)N(C3CCC(=O)NC3=O)C4=O)CC2)c2cnc(Nc3ccnc(-c4cnn(S(=O)(=O)C5CC5)c4)n3)cc21. The first-order valence-electron chi connectivity index (χ1n) is 19.5. The number of benzene rings is 1. The Morgan fingerprint density at radius 2 is 1.76 bits per heavy atom. The molecule has 1 saturated carbocycles. The van der Waals surface area contributed by atoms with Crippen LogP contribution in [-0.2, 0) is 26.2 Å². The minimum atomic E-state index is -3.52. The molecule has 2 saturated heterocycles. The Hall–Kier alpha value is -6.15. The van der Waals surface area contributed by atoms with E-state index in [4.69, 9.17) is 10.1 Å². The molecule has 3 fully saturated rings. The molecule has 1 aliphatic carbocycles. The maximum atomic E-state index is 16.0. The van der Waals surface area contributed by atoms with Gasteiger partial charge in [0.15, 0.2) is 11.6 Å². The van der Waals surface area contributed by atoms with Gasteiger partial charge in [0.1, 0.15) is 23.5 Å². The average Bonchev–Trinajstić information content (AvgIpc) is 3.75. The van der Waals surface area contributed by atoms with E-state index in [2.05, 4.69) is 44.4 Å². The molecule has 306 valence electrons. The Balaban J connectivity index is 0.867. The van der Waals surface area contributed by atoms with Crippen LogP contribution in [0.1, 0.15) is 84.7 Å². The van der Waals surface area contributed by atoms with Gasteiger partial charge in [-0.15, -0.1) is 0 Å². The molecular weight excluding hydrogens is 784 g/mol. The van der Waals surface area contributed by atoms with Gasteiger partial charge in [-0.25, -0.2) is 27.8 Å². The van der Waals surface area contributed by atoms with Gasteiger partial charge < -0.3 is 10.2 Å². The van der Waals surface area contributed by atoms with Gasteiger partial charge in [-0.1, -0.05) is 6.07 Å². The van der Waals surface area contributed by atoms with Crippen molar-refractivity contribution < 1.29 is 32.0 Å². The summed E-state index contributed by atoms with van der Waals surface area (Å²) in [5.74, 6) is -1.48. The van der Waals surface area contributed by atoms with Crippen molar-refractivity contribution in [1.29, 1.82) is 0 Å². The highest BCUT2D eigenvalue weighted by Crippen LogP contribution is 2.35. The fourth-order valence-electron chi connectivity index (χ4n) is 8.09. The van der Waals surface area contributed by atoms with Crippen molar-refractivity contribution in [1.82, 2.24) is 49.0 Å². The third kappa shape index (κ3) is 6.88. The van der Waals surface area contributed by atoms with Crippen LogP contribution in [0.2, 0.25) is 0 Å². The monoisotopic (exact) mass is 824 g/mol. The fourth-order valence-corrected chi connectivity index (χ4v) is 9.56. The van der Waals surface area contributed by atoms with Crippen LogP contribution in [0.3, 0.4) is 0 Å². The van der Waals surface area contributed by atoms with Crippen molar-refractivity contribution in [2.45, 2.75) is 82.3 Å². The first-order chi connectivity index (χ1) is 28.3. The molecule has 0 radical (unpaired) electrons. The largest absolute Gasteiger partial charge is 0.354 e. The maximum Gasteiger partial charge on any atom is 0.265 e. The summed E-state index contributed by atoms with van der Waals surface area (Å²) in [5, 5.41) is 15.0. The lowest BCUT2D eigenvalue weighted by Crippen LogP contribution is -2.54. The molecule has 5 aromatic rings. The molecule has 1 atom stereocenters. The van der Waals surface area contributed by atoms with E-state index < -0.39 is 50.8 Å². The first kappa shape index (κ1) is 38.4. The van der Waals surface area contributed by atoms with E-state index in [0.717, 1.165) is 38.5 Å². The van der Waals surface area contributed by atoms with Gasteiger partial charge in [0.2, 0.25) is 11.8 Å². The molecule has 3 aliphatic heterocycles. The number of hydrogen-bond acceptors (Lipinski definition) is 14. The van der Waals surface area contributed by atoms with Crippen molar-refractivity contribution in [3.05, 3.63) is 71.6 Å². The van der Waals surface area contributed by atoms with Crippen LogP contribution in [0.25, 0.3) is 22.3 Å². The van der Waals surface area contributed by atoms with Crippen molar-refractivity contribution in [2.24, 2.45) is 0 Å². The second-order valence-corrected chi connectivity index (χ2v) is 17.8. The number of aromatic nitrogens is 7. The Bertz CT molecular complexity index is 2670. The highest BCUT2D eigenvalue weighted by Gasteiger charge is 2.46. The number of amides is 4. The molecule has 7 heterocycles. The number of anilines is 3. The number of imide groups is 2. The summed E-state index contributed by atoms with van der Waals surface area (Å²) in [4.78, 5) is 69.3. The Kier molecular flexibility index (Phi) is 9.49. The van der Waals surface area contributed by atoms with Gasteiger partial charge in [-0.05, 0) is 65.1 Å². The molecule has 9 rings (SSSR count). The number of hydrogen-bond donors (Lipinski definition) is 2. The highest BCUT2D eigenvalue weighted by molar-refractivity contribution is 7.90.